The Balaban J connectivity index is 1.28. The van der Waals surface area contributed by atoms with Crippen LogP contribution in [-0.2, 0) is 10.3 Å². The molecule has 262 valence electrons. The van der Waals surface area contributed by atoms with Gasteiger partial charge in [0, 0.05) is 79.5 Å². The van der Waals surface area contributed by atoms with Crippen molar-refractivity contribution in [2.24, 2.45) is 0 Å². The van der Waals surface area contributed by atoms with Gasteiger partial charge in [-0.2, -0.15) is 0 Å². The molecule has 0 saturated carbocycles. The van der Waals surface area contributed by atoms with Crippen LogP contribution < -0.4 is 19.9 Å². The summed E-state index contributed by atoms with van der Waals surface area (Å²) >= 11 is 0. The predicted molar refractivity (Wildman–Crippen MR) is 197 cm³/mol. The van der Waals surface area contributed by atoms with E-state index in [0.29, 0.717) is 17.1 Å². The Morgan fingerprint density at radius 1 is 0.686 bits per heavy atom. The highest BCUT2D eigenvalue weighted by Crippen LogP contribution is 2.58. The number of hydrogen-bond donors (Lipinski definition) is 1. The van der Waals surface area contributed by atoms with Gasteiger partial charge in [-0.25, -0.2) is 0 Å². The summed E-state index contributed by atoms with van der Waals surface area (Å²) in [6.45, 7) is 13.6. The lowest BCUT2D eigenvalue weighted by Gasteiger charge is -2.45. The van der Waals surface area contributed by atoms with Crippen molar-refractivity contribution in [2.45, 2.75) is 46.2 Å². The van der Waals surface area contributed by atoms with Crippen molar-refractivity contribution in [1.29, 1.82) is 0 Å². The van der Waals surface area contributed by atoms with Crippen LogP contribution in [0.3, 0.4) is 0 Å². The van der Waals surface area contributed by atoms with E-state index in [-0.39, 0.29) is 30.1 Å². The van der Waals surface area contributed by atoms with E-state index in [0.717, 1.165) is 59.1 Å². The maximum atomic E-state index is 14.5. The molecule has 0 bridgehead atoms. The van der Waals surface area contributed by atoms with Gasteiger partial charge in [0.25, 0.3) is 17.7 Å². The summed E-state index contributed by atoms with van der Waals surface area (Å²) in [6.07, 6.45) is 0. The molecule has 7 rings (SSSR count). The molecule has 4 amide bonds. The Kier molecular flexibility index (Phi) is 8.79. The molecule has 0 fully saturated rings. The normalized spacial score (nSPS) is 15.6. The molecule has 3 heterocycles. The average molecular weight is 686 g/mol. The highest BCUT2D eigenvalue weighted by atomic mass is 16.5. The molecular formula is C41H43N5O5. The van der Waals surface area contributed by atoms with Crippen LogP contribution in [0.1, 0.15) is 82.4 Å². The quantitative estimate of drug-likeness (QED) is 0.192. The summed E-state index contributed by atoms with van der Waals surface area (Å²) in [4.78, 5) is 61.6. The summed E-state index contributed by atoms with van der Waals surface area (Å²) in [5, 5.41) is 2.93. The van der Waals surface area contributed by atoms with Crippen LogP contribution >= 0.6 is 0 Å². The van der Waals surface area contributed by atoms with Crippen molar-refractivity contribution in [3.63, 3.8) is 0 Å². The van der Waals surface area contributed by atoms with Gasteiger partial charge in [-0.1, -0.05) is 42.5 Å². The molecule has 10 heteroatoms. The van der Waals surface area contributed by atoms with Crippen molar-refractivity contribution in [1.82, 2.24) is 15.1 Å². The van der Waals surface area contributed by atoms with Crippen LogP contribution in [0.25, 0.3) is 0 Å². The summed E-state index contributed by atoms with van der Waals surface area (Å²) in [7, 11) is 0. The van der Waals surface area contributed by atoms with Crippen LogP contribution in [-0.4, -0.2) is 78.7 Å². The first-order chi connectivity index (χ1) is 24.7. The molecule has 1 N–H and O–H groups in total. The largest absolute Gasteiger partial charge is 0.456 e. The molecule has 0 radical (unpaired) electrons. The maximum absolute atomic E-state index is 14.5. The summed E-state index contributed by atoms with van der Waals surface area (Å²) in [6, 6.07) is 25.6. The van der Waals surface area contributed by atoms with Crippen LogP contribution in [0.4, 0.5) is 11.4 Å². The summed E-state index contributed by atoms with van der Waals surface area (Å²) in [5.41, 5.74) is 4.69. The number of anilines is 2. The Morgan fingerprint density at radius 3 is 1.69 bits per heavy atom. The van der Waals surface area contributed by atoms with E-state index in [1.54, 1.807) is 31.2 Å². The second-order valence-electron chi connectivity index (χ2n) is 13.0. The Hall–Kier alpha value is -5.64. The topological polar surface area (TPSA) is 102 Å². The van der Waals surface area contributed by atoms with Crippen LogP contribution in [0.5, 0.6) is 11.5 Å². The van der Waals surface area contributed by atoms with Gasteiger partial charge in [-0.3, -0.25) is 24.1 Å². The predicted octanol–water partition coefficient (Wildman–Crippen LogP) is 6.03. The van der Waals surface area contributed by atoms with Gasteiger partial charge < -0.3 is 24.8 Å². The number of carbonyl (C=O) groups excluding carboxylic acids is 4. The minimum atomic E-state index is -1.04. The molecule has 0 aromatic heterocycles. The number of hydrogen-bond acceptors (Lipinski definition) is 7. The number of rotatable bonds is 11. The third kappa shape index (κ3) is 5.15. The molecule has 1 atom stereocenters. The molecule has 1 unspecified atom stereocenters. The number of fused-ring (bicyclic) bond motifs is 7. The minimum absolute atomic E-state index is 0.0917. The molecule has 3 aliphatic rings. The van der Waals surface area contributed by atoms with Gasteiger partial charge in [0.15, 0.2) is 0 Å². The zero-order chi connectivity index (χ0) is 36.0. The van der Waals surface area contributed by atoms with Crippen molar-refractivity contribution in [3.8, 4) is 11.5 Å². The molecular weight excluding hydrogens is 642 g/mol. The van der Waals surface area contributed by atoms with E-state index in [9.17, 15) is 19.2 Å². The van der Waals surface area contributed by atoms with E-state index in [2.05, 4.69) is 79.2 Å². The van der Waals surface area contributed by atoms with Crippen molar-refractivity contribution < 1.29 is 23.9 Å². The fourth-order valence-corrected chi connectivity index (χ4v) is 8.02. The SMILES string of the molecule is CCN(CC)c1ccc2c(c1)Oc1cc(N(CC)CC)ccc1C21c2ccccc2C(=O)N1CCNC(=O)C(C)N1C(=O)c2ccccc2C1=O. The molecule has 4 aromatic rings. The zero-order valence-electron chi connectivity index (χ0n) is 29.7. The lowest BCUT2D eigenvalue weighted by molar-refractivity contribution is -0.124. The van der Waals surface area contributed by atoms with Crippen LogP contribution in [0.15, 0.2) is 84.9 Å². The van der Waals surface area contributed by atoms with Gasteiger partial charge >= 0.3 is 0 Å². The molecule has 4 aromatic carbocycles. The highest BCUT2D eigenvalue weighted by molar-refractivity contribution is 6.22. The Bertz CT molecular complexity index is 1960. The number of imide groups is 1. The van der Waals surface area contributed by atoms with E-state index in [4.69, 9.17) is 4.74 Å². The Labute approximate surface area is 298 Å². The molecule has 3 aliphatic heterocycles. The highest BCUT2D eigenvalue weighted by Gasteiger charge is 2.56. The van der Waals surface area contributed by atoms with E-state index in [1.807, 2.05) is 29.2 Å². The zero-order valence-corrected chi connectivity index (χ0v) is 29.7. The average Bonchev–Trinajstić information content (AvgIpc) is 3.55. The number of nitrogens with one attached hydrogen (secondary N) is 1. The smallest absolute Gasteiger partial charge is 0.262 e. The van der Waals surface area contributed by atoms with Crippen LogP contribution in [0.2, 0.25) is 0 Å². The van der Waals surface area contributed by atoms with E-state index in [1.165, 1.54) is 0 Å². The van der Waals surface area contributed by atoms with Gasteiger partial charge in [0.2, 0.25) is 5.91 Å². The number of benzene rings is 4. The van der Waals surface area contributed by atoms with Gasteiger partial charge in [-0.05, 0) is 70.5 Å². The summed E-state index contributed by atoms with van der Waals surface area (Å²) in [5.74, 6) is -0.296. The first-order valence-electron chi connectivity index (χ1n) is 17.8. The standard InChI is InChI=1S/C41H43N5O5/c1-6-43(7-2)27-18-20-33-35(24-27)51-36-25-28(44(8-3)9-4)19-21-34(36)41(33)32-17-13-12-16-31(32)38(48)45(41)23-22-42-37(47)26(5)46-39(49)29-14-10-11-15-30(29)40(46)50/h10-21,24-26H,6-9,22-23H2,1-5H3,(H,42,47). The lowest BCUT2D eigenvalue weighted by Crippen LogP contribution is -2.52. The number of amides is 4. The fourth-order valence-electron chi connectivity index (χ4n) is 8.02. The van der Waals surface area contributed by atoms with Gasteiger partial charge in [-0.15, -0.1) is 0 Å². The third-order valence-electron chi connectivity index (χ3n) is 10.6. The monoisotopic (exact) mass is 685 g/mol. The van der Waals surface area contributed by atoms with Crippen molar-refractivity contribution in [3.05, 3.63) is 118 Å². The number of carbonyl (C=O) groups is 4. The molecule has 10 nitrogen and oxygen atoms in total. The minimum Gasteiger partial charge on any atom is -0.456 e. The molecule has 0 aliphatic carbocycles. The van der Waals surface area contributed by atoms with E-state index < -0.39 is 29.3 Å². The molecule has 0 saturated heterocycles. The second-order valence-corrected chi connectivity index (χ2v) is 13.0. The fraction of sp³-hybridized carbons (Fsp3) is 0.317. The number of nitrogens with zero attached hydrogens (tertiary/aromatic N) is 4. The molecule has 51 heavy (non-hydrogen) atoms. The van der Waals surface area contributed by atoms with Crippen molar-refractivity contribution in [2.75, 3.05) is 49.1 Å². The first kappa shape index (κ1) is 33.8. The summed E-state index contributed by atoms with van der Waals surface area (Å²) < 4.78 is 6.77. The lowest BCUT2D eigenvalue weighted by atomic mass is 9.74. The first-order valence-corrected chi connectivity index (χ1v) is 17.8. The third-order valence-corrected chi connectivity index (χ3v) is 10.6. The Morgan fingerprint density at radius 2 is 1.18 bits per heavy atom. The second kappa shape index (κ2) is 13.2. The van der Waals surface area contributed by atoms with Crippen LogP contribution in [0, 0.1) is 0 Å². The molecule has 1 spiro atoms. The van der Waals surface area contributed by atoms with E-state index >= 15 is 0 Å². The van der Waals surface area contributed by atoms with Gasteiger partial charge in [0.1, 0.15) is 23.1 Å². The maximum Gasteiger partial charge on any atom is 0.262 e. The number of ether oxygens (including phenoxy) is 1. The van der Waals surface area contributed by atoms with Gasteiger partial charge in [0.05, 0.1) is 11.1 Å². The van der Waals surface area contributed by atoms with Crippen molar-refractivity contribution >= 4 is 35.0 Å².